The molecule has 2 N–H and O–H groups in total. The van der Waals surface area contributed by atoms with Crippen LogP contribution in [0.3, 0.4) is 0 Å². The van der Waals surface area contributed by atoms with Gasteiger partial charge in [-0.2, -0.15) is 0 Å². The number of aliphatic hydroxyl groups is 1. The Balaban J connectivity index is 1.82. The van der Waals surface area contributed by atoms with E-state index in [1.807, 2.05) is 0 Å². The lowest BCUT2D eigenvalue weighted by Gasteiger charge is -2.43. The normalized spacial score (nSPS) is 36.0. The molecule has 0 saturated carbocycles. The van der Waals surface area contributed by atoms with Crippen molar-refractivity contribution in [1.29, 1.82) is 0 Å². The number of aliphatic hydroxyl groups excluding tert-OH is 1. The van der Waals surface area contributed by atoms with Crippen molar-refractivity contribution in [2.45, 2.75) is 23.7 Å². The molecule has 3 unspecified atom stereocenters. The van der Waals surface area contributed by atoms with Gasteiger partial charge in [-0.05, 0) is 19.2 Å². The largest absolute Gasteiger partial charge is 0.477 e. The third-order valence-electron chi connectivity index (χ3n) is 3.49. The van der Waals surface area contributed by atoms with Crippen molar-refractivity contribution in [2.75, 3.05) is 12.3 Å². The maximum atomic E-state index is 12.0. The van der Waals surface area contributed by atoms with E-state index in [1.165, 1.54) is 16.7 Å². The summed E-state index contributed by atoms with van der Waals surface area (Å²) in [4.78, 5) is 24.7. The molecule has 3 rings (SSSR count). The fraction of sp³-hybridized carbons (Fsp3) is 0.636. The topological polar surface area (TPSA) is 77.8 Å². The smallest absolute Gasteiger partial charge is 0.354 e. The van der Waals surface area contributed by atoms with Crippen LogP contribution in [0.25, 0.3) is 0 Å². The van der Waals surface area contributed by atoms with E-state index in [1.54, 1.807) is 18.7 Å². The third-order valence-corrected chi connectivity index (χ3v) is 8.45. The summed E-state index contributed by atoms with van der Waals surface area (Å²) in [5, 5.41) is 19.2. The van der Waals surface area contributed by atoms with Gasteiger partial charge in [0.05, 0.1) is 16.3 Å². The zero-order valence-corrected chi connectivity index (χ0v) is 12.8. The number of hydrogen-bond acceptors (Lipinski definition) is 5. The Kier molecular flexibility index (Phi) is 3.58. The Labute approximate surface area is 121 Å². The van der Waals surface area contributed by atoms with Crippen LogP contribution >= 0.6 is 32.1 Å². The molecule has 2 saturated heterocycles. The molecule has 0 bridgehead atoms. The van der Waals surface area contributed by atoms with Crippen LogP contribution in [0, 0.1) is 5.92 Å². The predicted molar refractivity (Wildman–Crippen MR) is 77.5 cm³/mol. The Bertz CT molecular complexity index is 477. The Morgan fingerprint density at radius 2 is 2.26 bits per heavy atom. The number of thioether (sulfide) groups is 2. The minimum atomic E-state index is -1.04. The number of carbonyl (C=O) groups excluding carboxylic acids is 1. The highest BCUT2D eigenvalue weighted by Crippen LogP contribution is 2.55. The van der Waals surface area contributed by atoms with Crippen LogP contribution in [0.5, 0.6) is 0 Å². The average molecular weight is 319 g/mol. The van der Waals surface area contributed by atoms with E-state index < -0.39 is 18.0 Å². The van der Waals surface area contributed by atoms with E-state index >= 15 is 0 Å². The van der Waals surface area contributed by atoms with Gasteiger partial charge in [0.15, 0.2) is 5.70 Å². The van der Waals surface area contributed by atoms with Gasteiger partial charge < -0.3 is 10.2 Å². The van der Waals surface area contributed by atoms with Gasteiger partial charge in [-0.1, -0.05) is 11.8 Å². The molecule has 0 aromatic heterocycles. The van der Waals surface area contributed by atoms with Gasteiger partial charge in [0.2, 0.25) is 5.91 Å². The second-order valence-electron chi connectivity index (χ2n) is 4.82. The van der Waals surface area contributed by atoms with E-state index in [0.717, 1.165) is 25.1 Å². The van der Waals surface area contributed by atoms with E-state index in [9.17, 15) is 19.8 Å². The fourth-order valence-corrected chi connectivity index (χ4v) is 7.08. The first-order chi connectivity index (χ1) is 9.00. The van der Waals surface area contributed by atoms with Crippen molar-refractivity contribution >= 4 is 44.0 Å². The summed E-state index contributed by atoms with van der Waals surface area (Å²) in [6.45, 7) is 1.58. The van der Waals surface area contributed by atoms with E-state index in [-0.39, 0.29) is 17.0 Å². The van der Waals surface area contributed by atoms with Gasteiger partial charge >= 0.3 is 5.97 Å². The molecule has 2 fully saturated rings. The third kappa shape index (κ3) is 2.11. The van der Waals surface area contributed by atoms with Gasteiger partial charge in [-0.3, -0.25) is 9.69 Å². The Morgan fingerprint density at radius 3 is 2.74 bits per heavy atom. The molecule has 8 heteroatoms. The zero-order valence-electron chi connectivity index (χ0n) is 10.2. The lowest BCUT2D eigenvalue weighted by molar-refractivity contribution is -0.156. The van der Waals surface area contributed by atoms with Crippen molar-refractivity contribution in [3.05, 3.63) is 9.93 Å². The highest BCUT2D eigenvalue weighted by Gasteiger charge is 2.57. The number of β-lactam (4-membered cyclic amide) rings is 1. The van der Waals surface area contributed by atoms with E-state index in [4.69, 9.17) is 0 Å². The van der Waals surface area contributed by atoms with Crippen molar-refractivity contribution < 1.29 is 19.8 Å². The predicted octanol–water partition coefficient (Wildman–Crippen LogP) is 0.946. The maximum Gasteiger partial charge on any atom is 0.354 e. The summed E-state index contributed by atoms with van der Waals surface area (Å²) in [6.07, 6.45) is 1.55. The van der Waals surface area contributed by atoms with Gasteiger partial charge in [-0.15, -0.1) is 20.3 Å². The molecule has 0 aromatic rings. The number of aliphatic carboxylic acids is 1. The number of carboxylic acids is 1. The molecule has 3 heterocycles. The molecule has 0 radical (unpaired) electrons. The van der Waals surface area contributed by atoms with Gasteiger partial charge in [0.1, 0.15) is 5.37 Å². The second-order valence-corrected chi connectivity index (χ2v) is 8.83. The monoisotopic (exact) mass is 319 g/mol. The molecule has 19 heavy (non-hydrogen) atoms. The lowest BCUT2D eigenvalue weighted by Crippen LogP contribution is -2.60. The van der Waals surface area contributed by atoms with Crippen molar-refractivity contribution in [1.82, 2.24) is 4.90 Å². The van der Waals surface area contributed by atoms with E-state index in [0.29, 0.717) is 5.25 Å². The molecule has 3 atom stereocenters. The number of amides is 1. The van der Waals surface area contributed by atoms with Crippen molar-refractivity contribution in [2.24, 2.45) is 5.92 Å². The fourth-order valence-electron chi connectivity index (χ4n) is 2.33. The maximum absolute atomic E-state index is 12.0. The molecular formula is C11H14NO4PS2. The first-order valence-corrected chi connectivity index (χ1v) is 9.20. The van der Waals surface area contributed by atoms with Crippen LogP contribution in [0.15, 0.2) is 9.93 Å². The summed E-state index contributed by atoms with van der Waals surface area (Å²) < 4.78 is 0.739. The van der Waals surface area contributed by atoms with Crippen LogP contribution in [0.4, 0.5) is 0 Å². The number of carbonyl (C=O) groups is 2. The molecular weight excluding hydrogens is 305 g/mol. The van der Waals surface area contributed by atoms with Gasteiger partial charge in [0, 0.05) is 5.25 Å². The van der Waals surface area contributed by atoms with E-state index in [2.05, 4.69) is 0 Å². The van der Waals surface area contributed by atoms with Crippen molar-refractivity contribution in [3.63, 3.8) is 0 Å². The average Bonchev–Trinajstić information content (AvgIpc) is 2.57. The standard InChI is InChI=1S/C11H14NO4PS2/c1-4(13)6-8(14)12-7(10(15)16)11(19-9(6)12)18-5-2-17-3-5/h4-6,9,13,17H,2-3H2,1H3,(H,15,16). The number of nitrogens with zero attached hydrogens (tertiary/aromatic N) is 1. The molecule has 1 amide bonds. The van der Waals surface area contributed by atoms with Crippen molar-refractivity contribution in [3.8, 4) is 0 Å². The number of rotatable bonds is 4. The minimum Gasteiger partial charge on any atom is -0.477 e. The van der Waals surface area contributed by atoms with Crippen LogP contribution in [-0.2, 0) is 9.59 Å². The van der Waals surface area contributed by atoms with Gasteiger partial charge in [0.25, 0.3) is 0 Å². The highest BCUT2D eigenvalue weighted by atomic mass is 32.2. The van der Waals surface area contributed by atoms with Crippen LogP contribution < -0.4 is 0 Å². The van der Waals surface area contributed by atoms with Crippen LogP contribution in [0.2, 0.25) is 0 Å². The zero-order chi connectivity index (χ0) is 13.7. The first-order valence-electron chi connectivity index (χ1n) is 6.03. The van der Waals surface area contributed by atoms with Gasteiger partial charge in [-0.25, -0.2) is 4.79 Å². The summed E-state index contributed by atoms with van der Waals surface area (Å²) in [5.74, 6) is -1.78. The molecule has 104 valence electrons. The molecule has 0 spiro atoms. The SMILES string of the molecule is CC(O)C1C(=O)N2C(C(=O)O)=C(SC3CPC3)SC12. The summed E-state index contributed by atoms with van der Waals surface area (Å²) >= 11 is 3.01. The minimum absolute atomic E-state index is 0.122. The Morgan fingerprint density at radius 1 is 1.58 bits per heavy atom. The summed E-state index contributed by atoms with van der Waals surface area (Å²) in [7, 11) is 0.980. The Hall–Kier alpha value is -0.230. The number of fused-ring (bicyclic) bond motifs is 1. The second kappa shape index (κ2) is 4.95. The summed E-state index contributed by atoms with van der Waals surface area (Å²) in [6, 6.07) is 0. The molecule has 0 aromatic carbocycles. The highest BCUT2D eigenvalue weighted by molar-refractivity contribution is 8.23. The van der Waals surface area contributed by atoms with Crippen LogP contribution in [-0.4, -0.2) is 56.0 Å². The summed E-state index contributed by atoms with van der Waals surface area (Å²) in [5.41, 5.74) is 0.122. The number of hydrogen-bond donors (Lipinski definition) is 2. The molecule has 0 aliphatic carbocycles. The quantitative estimate of drug-likeness (QED) is 0.593. The molecule has 5 nitrogen and oxygen atoms in total. The lowest BCUT2D eigenvalue weighted by atomic mass is 9.92. The number of carboxylic acid groups (broad SMARTS) is 1. The van der Waals surface area contributed by atoms with Crippen LogP contribution in [0.1, 0.15) is 6.92 Å². The molecule has 3 aliphatic heterocycles. The first kappa shape index (κ1) is 13.7. The molecule has 3 aliphatic rings.